The Morgan fingerprint density at radius 1 is 1.53 bits per heavy atom. The maximum Gasteiger partial charge on any atom is 0.236 e. The number of nitrogens with zero attached hydrogens (tertiary/aromatic N) is 1. The Hall–Kier alpha value is -0.220. The lowest BCUT2D eigenvalue weighted by molar-refractivity contribution is -0.136. The number of thiol groups is 1. The van der Waals surface area contributed by atoms with E-state index in [0.29, 0.717) is 12.6 Å². The third kappa shape index (κ3) is 3.11. The van der Waals surface area contributed by atoms with Crippen molar-refractivity contribution in [2.24, 2.45) is 5.92 Å². The standard InChI is InChI=1S/C11H21NO2S/c1-8(2)10(15)11(14)12(6-7-13)9-4-3-5-9/h8-10,13,15H,3-7H2,1-2H3. The molecule has 0 aromatic heterocycles. The molecule has 0 aromatic rings. The maximum atomic E-state index is 12.0. The van der Waals surface area contributed by atoms with Crippen molar-refractivity contribution in [1.29, 1.82) is 0 Å². The molecule has 1 saturated carbocycles. The van der Waals surface area contributed by atoms with E-state index in [0.717, 1.165) is 12.8 Å². The molecule has 3 nitrogen and oxygen atoms in total. The second kappa shape index (κ2) is 5.75. The van der Waals surface area contributed by atoms with Gasteiger partial charge in [-0.05, 0) is 25.2 Å². The molecule has 1 atom stereocenters. The second-order valence-corrected chi connectivity index (χ2v) is 5.09. The Morgan fingerprint density at radius 2 is 2.13 bits per heavy atom. The van der Waals surface area contributed by atoms with E-state index in [2.05, 4.69) is 12.6 Å². The van der Waals surface area contributed by atoms with Crippen molar-refractivity contribution in [1.82, 2.24) is 4.90 Å². The summed E-state index contributed by atoms with van der Waals surface area (Å²) in [5.74, 6) is 0.314. The molecule has 1 unspecified atom stereocenters. The molecule has 0 aromatic carbocycles. The lowest BCUT2D eigenvalue weighted by Crippen LogP contribution is -2.49. The van der Waals surface area contributed by atoms with Crippen molar-refractivity contribution in [3.05, 3.63) is 0 Å². The summed E-state index contributed by atoms with van der Waals surface area (Å²) in [5.41, 5.74) is 0. The molecule has 1 N–H and O–H groups in total. The SMILES string of the molecule is CC(C)C(S)C(=O)N(CCO)C1CCC1. The molecule has 1 aliphatic rings. The fourth-order valence-electron chi connectivity index (χ4n) is 1.73. The molecule has 0 bridgehead atoms. The van der Waals surface area contributed by atoms with Gasteiger partial charge in [-0.1, -0.05) is 13.8 Å². The van der Waals surface area contributed by atoms with Crippen LogP contribution in [0.1, 0.15) is 33.1 Å². The summed E-state index contributed by atoms with van der Waals surface area (Å²) in [6.45, 7) is 4.48. The summed E-state index contributed by atoms with van der Waals surface area (Å²) >= 11 is 4.34. The minimum Gasteiger partial charge on any atom is -0.395 e. The van der Waals surface area contributed by atoms with Gasteiger partial charge in [-0.3, -0.25) is 4.79 Å². The molecule has 1 rings (SSSR count). The molecule has 0 radical (unpaired) electrons. The molecule has 15 heavy (non-hydrogen) atoms. The molecule has 4 heteroatoms. The molecule has 0 heterocycles. The van der Waals surface area contributed by atoms with E-state index in [-0.39, 0.29) is 23.7 Å². The van der Waals surface area contributed by atoms with Gasteiger partial charge in [-0.15, -0.1) is 0 Å². The lowest BCUT2D eigenvalue weighted by atomic mass is 9.91. The van der Waals surface area contributed by atoms with Crippen LogP contribution in [0.3, 0.4) is 0 Å². The van der Waals surface area contributed by atoms with Crippen molar-refractivity contribution in [3.8, 4) is 0 Å². The first kappa shape index (κ1) is 12.8. The number of carbonyl (C=O) groups is 1. The van der Waals surface area contributed by atoms with E-state index in [1.807, 2.05) is 13.8 Å². The Bertz CT molecular complexity index is 217. The van der Waals surface area contributed by atoms with Crippen LogP contribution in [0.5, 0.6) is 0 Å². The number of hydrogen-bond acceptors (Lipinski definition) is 3. The smallest absolute Gasteiger partial charge is 0.236 e. The van der Waals surface area contributed by atoms with E-state index in [9.17, 15) is 4.79 Å². The van der Waals surface area contributed by atoms with Crippen LogP contribution in [0.4, 0.5) is 0 Å². The Balaban J connectivity index is 2.57. The highest BCUT2D eigenvalue weighted by Gasteiger charge is 2.32. The largest absolute Gasteiger partial charge is 0.395 e. The molecule has 1 amide bonds. The predicted molar refractivity (Wildman–Crippen MR) is 64.0 cm³/mol. The van der Waals surface area contributed by atoms with E-state index in [1.165, 1.54) is 6.42 Å². The fraction of sp³-hybridized carbons (Fsp3) is 0.909. The zero-order valence-electron chi connectivity index (χ0n) is 9.52. The van der Waals surface area contributed by atoms with Gasteiger partial charge in [0.2, 0.25) is 5.91 Å². The lowest BCUT2D eigenvalue weighted by Gasteiger charge is -2.39. The van der Waals surface area contributed by atoms with Crippen LogP contribution in [0.2, 0.25) is 0 Å². The van der Waals surface area contributed by atoms with Crippen molar-refractivity contribution in [3.63, 3.8) is 0 Å². The van der Waals surface area contributed by atoms with Crippen LogP contribution in [0.15, 0.2) is 0 Å². The average Bonchev–Trinajstić information content (AvgIpc) is 2.12. The van der Waals surface area contributed by atoms with Crippen molar-refractivity contribution in [2.45, 2.75) is 44.4 Å². The highest BCUT2D eigenvalue weighted by atomic mass is 32.1. The first-order valence-electron chi connectivity index (χ1n) is 5.67. The van der Waals surface area contributed by atoms with Gasteiger partial charge in [0.15, 0.2) is 0 Å². The van der Waals surface area contributed by atoms with Gasteiger partial charge < -0.3 is 10.0 Å². The predicted octanol–water partition coefficient (Wildman–Crippen LogP) is 1.31. The summed E-state index contributed by atoms with van der Waals surface area (Å²) in [4.78, 5) is 13.9. The van der Waals surface area contributed by atoms with Crippen LogP contribution < -0.4 is 0 Å². The van der Waals surface area contributed by atoms with Gasteiger partial charge >= 0.3 is 0 Å². The van der Waals surface area contributed by atoms with Crippen molar-refractivity contribution >= 4 is 18.5 Å². The van der Waals surface area contributed by atoms with E-state index in [4.69, 9.17) is 5.11 Å². The number of rotatable bonds is 5. The number of aliphatic hydroxyl groups excluding tert-OH is 1. The fourth-order valence-corrected chi connectivity index (χ4v) is 1.88. The first-order valence-corrected chi connectivity index (χ1v) is 6.19. The van der Waals surface area contributed by atoms with Gasteiger partial charge in [0.1, 0.15) is 0 Å². The second-order valence-electron chi connectivity index (χ2n) is 4.53. The van der Waals surface area contributed by atoms with Gasteiger partial charge in [0.25, 0.3) is 0 Å². The Morgan fingerprint density at radius 3 is 2.47 bits per heavy atom. The maximum absolute atomic E-state index is 12.0. The Kier molecular flexibility index (Phi) is 4.93. The van der Waals surface area contributed by atoms with Crippen LogP contribution >= 0.6 is 12.6 Å². The third-order valence-corrected chi connectivity index (χ3v) is 3.84. The molecule has 0 saturated heterocycles. The third-order valence-electron chi connectivity index (χ3n) is 3.02. The normalized spacial score (nSPS) is 18.7. The molecular weight excluding hydrogens is 210 g/mol. The number of carbonyl (C=O) groups excluding carboxylic acids is 1. The first-order chi connectivity index (χ1) is 7.07. The monoisotopic (exact) mass is 231 g/mol. The molecule has 1 aliphatic carbocycles. The highest BCUT2D eigenvalue weighted by Crippen LogP contribution is 2.26. The van der Waals surface area contributed by atoms with Crippen LogP contribution in [0.25, 0.3) is 0 Å². The van der Waals surface area contributed by atoms with Crippen molar-refractivity contribution < 1.29 is 9.90 Å². The van der Waals surface area contributed by atoms with Gasteiger partial charge in [-0.2, -0.15) is 12.6 Å². The minimum absolute atomic E-state index is 0.0425. The number of hydrogen-bond donors (Lipinski definition) is 2. The summed E-state index contributed by atoms with van der Waals surface area (Å²) in [5, 5.41) is 8.72. The number of amides is 1. The quantitative estimate of drug-likeness (QED) is 0.701. The molecular formula is C11H21NO2S. The summed E-state index contributed by atoms with van der Waals surface area (Å²) in [6, 6.07) is 0.345. The highest BCUT2D eigenvalue weighted by molar-refractivity contribution is 7.81. The molecule has 1 fully saturated rings. The van der Waals surface area contributed by atoms with Gasteiger partial charge in [-0.25, -0.2) is 0 Å². The van der Waals surface area contributed by atoms with E-state index < -0.39 is 0 Å². The van der Waals surface area contributed by atoms with E-state index >= 15 is 0 Å². The zero-order chi connectivity index (χ0) is 11.4. The van der Waals surface area contributed by atoms with Gasteiger partial charge in [0, 0.05) is 12.6 Å². The van der Waals surface area contributed by atoms with Crippen LogP contribution in [0, 0.1) is 5.92 Å². The summed E-state index contributed by atoms with van der Waals surface area (Å²) in [7, 11) is 0. The summed E-state index contributed by atoms with van der Waals surface area (Å²) in [6.07, 6.45) is 3.34. The van der Waals surface area contributed by atoms with Gasteiger partial charge in [0.05, 0.1) is 11.9 Å². The molecule has 0 spiro atoms. The number of aliphatic hydroxyl groups is 1. The minimum atomic E-state index is -0.239. The zero-order valence-corrected chi connectivity index (χ0v) is 10.4. The molecule has 88 valence electrons. The molecule has 0 aliphatic heterocycles. The topological polar surface area (TPSA) is 40.5 Å². The Labute approximate surface area is 97.3 Å². The van der Waals surface area contributed by atoms with Crippen LogP contribution in [-0.4, -0.2) is 40.4 Å². The average molecular weight is 231 g/mol. The summed E-state index contributed by atoms with van der Waals surface area (Å²) < 4.78 is 0. The van der Waals surface area contributed by atoms with Crippen LogP contribution in [-0.2, 0) is 4.79 Å². The van der Waals surface area contributed by atoms with Crippen molar-refractivity contribution in [2.75, 3.05) is 13.2 Å². The van der Waals surface area contributed by atoms with E-state index in [1.54, 1.807) is 4.90 Å².